The second-order valence-corrected chi connectivity index (χ2v) is 5.14. The van der Waals surface area contributed by atoms with Gasteiger partial charge in [-0.1, -0.05) is 43.7 Å². The van der Waals surface area contributed by atoms with Crippen molar-refractivity contribution in [3.63, 3.8) is 0 Å². The number of hydrogen-bond acceptors (Lipinski definition) is 2. The fourth-order valence-electron chi connectivity index (χ4n) is 1.90. The van der Waals surface area contributed by atoms with Gasteiger partial charge in [-0.25, -0.2) is 0 Å². The normalized spacial score (nSPS) is 12.5. The smallest absolute Gasteiger partial charge is 0.220 e. The predicted molar refractivity (Wildman–Crippen MR) is 75.3 cm³/mol. The summed E-state index contributed by atoms with van der Waals surface area (Å²) in [4.78, 5) is 11.8. The van der Waals surface area contributed by atoms with Crippen molar-refractivity contribution in [3.8, 4) is 0 Å². The molecule has 0 aliphatic heterocycles. The Hall–Kier alpha value is -1.35. The van der Waals surface area contributed by atoms with Gasteiger partial charge < -0.3 is 11.1 Å². The highest BCUT2D eigenvalue weighted by atomic mass is 16.1. The van der Waals surface area contributed by atoms with Gasteiger partial charge in [0.2, 0.25) is 5.91 Å². The molecular weight excluding hydrogens is 224 g/mol. The lowest BCUT2D eigenvalue weighted by molar-refractivity contribution is -0.122. The van der Waals surface area contributed by atoms with Gasteiger partial charge in [0.1, 0.15) is 0 Å². The Bertz CT molecular complexity index is 388. The molecule has 3 heteroatoms. The summed E-state index contributed by atoms with van der Waals surface area (Å²) >= 11 is 0. The number of rotatable bonds is 6. The highest BCUT2D eigenvalue weighted by Gasteiger charge is 2.13. The van der Waals surface area contributed by atoms with Crippen LogP contribution in [0, 0.1) is 12.8 Å². The maximum atomic E-state index is 11.8. The van der Waals surface area contributed by atoms with E-state index in [9.17, 15) is 4.79 Å². The zero-order chi connectivity index (χ0) is 13.5. The van der Waals surface area contributed by atoms with Crippen LogP contribution in [0.25, 0.3) is 0 Å². The molecule has 1 aromatic rings. The van der Waals surface area contributed by atoms with Crippen LogP contribution in [0.1, 0.15) is 31.4 Å². The molecule has 0 aliphatic rings. The Morgan fingerprint density at radius 1 is 1.39 bits per heavy atom. The number of nitrogens with one attached hydrogen (secondary N) is 1. The second kappa shape index (κ2) is 7.17. The maximum Gasteiger partial charge on any atom is 0.220 e. The van der Waals surface area contributed by atoms with E-state index in [-0.39, 0.29) is 11.9 Å². The van der Waals surface area contributed by atoms with Crippen LogP contribution < -0.4 is 11.1 Å². The number of carbonyl (C=O) groups excluding carboxylic acids is 1. The molecule has 100 valence electrons. The van der Waals surface area contributed by atoms with Crippen molar-refractivity contribution in [2.24, 2.45) is 11.7 Å². The van der Waals surface area contributed by atoms with E-state index < -0.39 is 0 Å². The number of hydrogen-bond donors (Lipinski definition) is 2. The first-order valence-electron chi connectivity index (χ1n) is 6.58. The Balaban J connectivity index is 2.41. The summed E-state index contributed by atoms with van der Waals surface area (Å²) in [5.74, 6) is 0.457. The molecule has 0 saturated carbocycles. The molecule has 1 amide bonds. The summed E-state index contributed by atoms with van der Waals surface area (Å²) in [6.07, 6.45) is 1.30. The highest BCUT2D eigenvalue weighted by molar-refractivity contribution is 5.76. The van der Waals surface area contributed by atoms with Crippen molar-refractivity contribution in [2.45, 2.75) is 39.7 Å². The SMILES string of the molecule is Cc1cccc(CCC(=O)NC(CN)C(C)C)c1. The quantitative estimate of drug-likeness (QED) is 0.809. The van der Waals surface area contributed by atoms with Gasteiger partial charge in [0.15, 0.2) is 0 Å². The molecule has 0 fully saturated rings. The number of nitrogens with two attached hydrogens (primary N) is 1. The van der Waals surface area contributed by atoms with Gasteiger partial charge in [-0.05, 0) is 24.8 Å². The van der Waals surface area contributed by atoms with Gasteiger partial charge in [-0.2, -0.15) is 0 Å². The van der Waals surface area contributed by atoms with Gasteiger partial charge in [0.25, 0.3) is 0 Å². The van der Waals surface area contributed by atoms with Crippen LogP contribution in [-0.4, -0.2) is 18.5 Å². The van der Waals surface area contributed by atoms with Crippen LogP contribution >= 0.6 is 0 Å². The fraction of sp³-hybridized carbons (Fsp3) is 0.533. The van der Waals surface area contributed by atoms with E-state index in [0.717, 1.165) is 6.42 Å². The topological polar surface area (TPSA) is 55.1 Å². The van der Waals surface area contributed by atoms with Crippen LogP contribution in [0.4, 0.5) is 0 Å². The molecule has 0 saturated heterocycles. The summed E-state index contributed by atoms with van der Waals surface area (Å²) in [5, 5.41) is 2.99. The summed E-state index contributed by atoms with van der Waals surface area (Å²) in [7, 11) is 0. The Kier molecular flexibility index (Phi) is 5.86. The minimum absolute atomic E-state index is 0.0787. The molecule has 1 aromatic carbocycles. The molecule has 0 spiro atoms. The summed E-state index contributed by atoms with van der Waals surface area (Å²) < 4.78 is 0. The third kappa shape index (κ3) is 4.88. The lowest BCUT2D eigenvalue weighted by atomic mass is 10.0. The van der Waals surface area contributed by atoms with Crippen molar-refractivity contribution in [2.75, 3.05) is 6.54 Å². The van der Waals surface area contributed by atoms with Crippen LogP contribution in [0.3, 0.4) is 0 Å². The molecule has 0 bridgehead atoms. The van der Waals surface area contributed by atoms with E-state index in [1.54, 1.807) is 0 Å². The molecule has 18 heavy (non-hydrogen) atoms. The van der Waals surface area contributed by atoms with Crippen LogP contribution in [0.15, 0.2) is 24.3 Å². The Labute approximate surface area is 110 Å². The minimum atomic E-state index is 0.0787. The van der Waals surface area contributed by atoms with Gasteiger partial charge in [0.05, 0.1) is 0 Å². The van der Waals surface area contributed by atoms with E-state index >= 15 is 0 Å². The monoisotopic (exact) mass is 248 g/mol. The molecule has 3 nitrogen and oxygen atoms in total. The lowest BCUT2D eigenvalue weighted by Gasteiger charge is -2.20. The van der Waals surface area contributed by atoms with Gasteiger partial charge >= 0.3 is 0 Å². The zero-order valence-corrected chi connectivity index (χ0v) is 11.6. The summed E-state index contributed by atoms with van der Waals surface area (Å²) in [6, 6.07) is 8.35. The molecule has 0 aromatic heterocycles. The number of amides is 1. The second-order valence-electron chi connectivity index (χ2n) is 5.14. The first kappa shape index (κ1) is 14.7. The van der Waals surface area contributed by atoms with E-state index in [1.807, 2.05) is 6.07 Å². The van der Waals surface area contributed by atoms with E-state index in [0.29, 0.717) is 18.9 Å². The maximum absolute atomic E-state index is 11.8. The van der Waals surface area contributed by atoms with Crippen molar-refractivity contribution in [1.29, 1.82) is 0 Å². The fourth-order valence-corrected chi connectivity index (χ4v) is 1.90. The van der Waals surface area contributed by atoms with E-state index in [4.69, 9.17) is 5.73 Å². The molecular formula is C15H24N2O. The first-order chi connectivity index (χ1) is 8.52. The Morgan fingerprint density at radius 2 is 2.11 bits per heavy atom. The van der Waals surface area contributed by atoms with Crippen molar-refractivity contribution in [1.82, 2.24) is 5.32 Å². The van der Waals surface area contributed by atoms with Crippen LogP contribution in [0.5, 0.6) is 0 Å². The Morgan fingerprint density at radius 3 is 2.67 bits per heavy atom. The van der Waals surface area contributed by atoms with Crippen molar-refractivity contribution in [3.05, 3.63) is 35.4 Å². The average molecular weight is 248 g/mol. The standard InChI is InChI=1S/C15H24N2O/c1-11(2)14(10-16)17-15(18)8-7-13-6-4-5-12(3)9-13/h4-6,9,11,14H,7-8,10,16H2,1-3H3,(H,17,18). The molecule has 1 rings (SSSR count). The molecule has 0 radical (unpaired) electrons. The average Bonchev–Trinajstić information content (AvgIpc) is 2.33. The van der Waals surface area contributed by atoms with Crippen LogP contribution in [0.2, 0.25) is 0 Å². The van der Waals surface area contributed by atoms with E-state index in [2.05, 4.69) is 44.3 Å². The molecule has 0 heterocycles. The molecule has 1 atom stereocenters. The lowest BCUT2D eigenvalue weighted by Crippen LogP contribution is -2.43. The first-order valence-corrected chi connectivity index (χ1v) is 6.58. The summed E-state index contributed by atoms with van der Waals surface area (Å²) in [5.41, 5.74) is 8.07. The van der Waals surface area contributed by atoms with E-state index in [1.165, 1.54) is 11.1 Å². The van der Waals surface area contributed by atoms with Crippen LogP contribution in [-0.2, 0) is 11.2 Å². The van der Waals surface area contributed by atoms with Gasteiger partial charge in [0, 0.05) is 19.0 Å². The number of aryl methyl sites for hydroxylation is 2. The highest BCUT2D eigenvalue weighted by Crippen LogP contribution is 2.07. The van der Waals surface area contributed by atoms with Gasteiger partial charge in [-0.3, -0.25) is 4.79 Å². The molecule has 3 N–H and O–H groups in total. The molecule has 1 unspecified atom stereocenters. The molecule has 0 aliphatic carbocycles. The number of carbonyl (C=O) groups is 1. The van der Waals surface area contributed by atoms with Gasteiger partial charge in [-0.15, -0.1) is 0 Å². The largest absolute Gasteiger partial charge is 0.352 e. The zero-order valence-electron chi connectivity index (χ0n) is 11.6. The summed E-state index contributed by atoms with van der Waals surface area (Å²) in [6.45, 7) is 6.69. The predicted octanol–water partition coefficient (Wildman–Crippen LogP) is 2.03. The van der Waals surface area contributed by atoms with Crippen molar-refractivity contribution >= 4 is 5.91 Å². The van der Waals surface area contributed by atoms with Crippen molar-refractivity contribution < 1.29 is 4.79 Å². The number of benzene rings is 1. The third-order valence-corrected chi connectivity index (χ3v) is 3.13. The minimum Gasteiger partial charge on any atom is -0.352 e. The third-order valence-electron chi connectivity index (χ3n) is 3.13.